The quantitative estimate of drug-likeness (QED) is 0.875. The van der Waals surface area contributed by atoms with Gasteiger partial charge in [-0.05, 0) is 24.6 Å². The van der Waals surface area contributed by atoms with E-state index in [9.17, 15) is 4.39 Å². The van der Waals surface area contributed by atoms with Crippen LogP contribution in [0.4, 0.5) is 21.7 Å². The Morgan fingerprint density at radius 1 is 1.25 bits per heavy atom. The standard InChI is InChI=1S/C14H16ClFN4/c1-3-4-10-13(17-2)18-8-19-14(10)20-12-7-9(15)5-6-11(12)16/h5-8H,3-4H2,1-2H3,(H2,17,18,19,20). The van der Waals surface area contributed by atoms with Crippen LogP contribution in [0.15, 0.2) is 24.5 Å². The first kappa shape index (κ1) is 14.5. The third-order valence-corrected chi connectivity index (χ3v) is 3.10. The molecule has 0 unspecified atom stereocenters. The van der Waals surface area contributed by atoms with Crippen molar-refractivity contribution in [3.05, 3.63) is 40.9 Å². The zero-order chi connectivity index (χ0) is 14.5. The maximum absolute atomic E-state index is 13.8. The predicted octanol–water partition coefficient (Wildman–Crippen LogP) is 4.01. The van der Waals surface area contributed by atoms with E-state index in [2.05, 4.69) is 27.5 Å². The maximum Gasteiger partial charge on any atom is 0.146 e. The van der Waals surface area contributed by atoms with E-state index in [-0.39, 0.29) is 5.82 Å². The van der Waals surface area contributed by atoms with Gasteiger partial charge in [-0.25, -0.2) is 14.4 Å². The highest BCUT2D eigenvalue weighted by atomic mass is 35.5. The predicted molar refractivity (Wildman–Crippen MR) is 80.3 cm³/mol. The fraction of sp³-hybridized carbons (Fsp3) is 0.286. The first-order valence-corrected chi connectivity index (χ1v) is 6.77. The van der Waals surface area contributed by atoms with Crippen molar-refractivity contribution >= 4 is 28.9 Å². The molecule has 0 spiro atoms. The van der Waals surface area contributed by atoms with Gasteiger partial charge in [0, 0.05) is 17.6 Å². The van der Waals surface area contributed by atoms with E-state index in [0.717, 1.165) is 24.2 Å². The summed E-state index contributed by atoms with van der Waals surface area (Å²) in [7, 11) is 1.80. The SMILES string of the molecule is CCCc1c(NC)ncnc1Nc1cc(Cl)ccc1F. The van der Waals surface area contributed by atoms with Crippen LogP contribution in [0.1, 0.15) is 18.9 Å². The molecular formula is C14H16ClFN4. The van der Waals surface area contributed by atoms with Crippen LogP contribution in [0.3, 0.4) is 0 Å². The summed E-state index contributed by atoms with van der Waals surface area (Å²) >= 11 is 5.89. The van der Waals surface area contributed by atoms with Gasteiger partial charge in [-0.15, -0.1) is 0 Å². The van der Waals surface area contributed by atoms with Crippen LogP contribution < -0.4 is 10.6 Å². The van der Waals surface area contributed by atoms with Crippen LogP contribution in [0, 0.1) is 5.82 Å². The Kier molecular flexibility index (Phi) is 4.74. The van der Waals surface area contributed by atoms with Crippen molar-refractivity contribution < 1.29 is 4.39 Å². The summed E-state index contributed by atoms with van der Waals surface area (Å²) in [5, 5.41) is 6.48. The van der Waals surface area contributed by atoms with E-state index in [0.29, 0.717) is 16.5 Å². The van der Waals surface area contributed by atoms with Gasteiger partial charge in [0.1, 0.15) is 23.8 Å². The van der Waals surface area contributed by atoms with Crippen molar-refractivity contribution in [2.24, 2.45) is 0 Å². The molecule has 0 amide bonds. The lowest BCUT2D eigenvalue weighted by atomic mass is 10.1. The van der Waals surface area contributed by atoms with Gasteiger partial charge in [-0.1, -0.05) is 24.9 Å². The largest absolute Gasteiger partial charge is 0.373 e. The Morgan fingerprint density at radius 2 is 2.00 bits per heavy atom. The fourth-order valence-electron chi connectivity index (χ4n) is 1.94. The third kappa shape index (κ3) is 3.17. The Labute approximate surface area is 122 Å². The number of nitrogens with zero attached hydrogens (tertiary/aromatic N) is 2. The first-order valence-electron chi connectivity index (χ1n) is 6.39. The Morgan fingerprint density at radius 3 is 2.70 bits per heavy atom. The summed E-state index contributed by atoms with van der Waals surface area (Å²) in [6.45, 7) is 2.07. The summed E-state index contributed by atoms with van der Waals surface area (Å²) in [4.78, 5) is 8.38. The highest BCUT2D eigenvalue weighted by Crippen LogP contribution is 2.27. The molecular weight excluding hydrogens is 279 g/mol. The van der Waals surface area contributed by atoms with Gasteiger partial charge in [-0.2, -0.15) is 0 Å². The van der Waals surface area contributed by atoms with Crippen molar-refractivity contribution in [1.82, 2.24) is 9.97 Å². The molecule has 0 radical (unpaired) electrons. The van der Waals surface area contributed by atoms with Crippen LogP contribution in [0.25, 0.3) is 0 Å². The molecule has 1 heterocycles. The van der Waals surface area contributed by atoms with Crippen molar-refractivity contribution in [2.75, 3.05) is 17.7 Å². The minimum Gasteiger partial charge on any atom is -0.373 e. The van der Waals surface area contributed by atoms with Crippen molar-refractivity contribution in [3.63, 3.8) is 0 Å². The zero-order valence-corrected chi connectivity index (χ0v) is 12.1. The van der Waals surface area contributed by atoms with Gasteiger partial charge in [0.15, 0.2) is 0 Å². The highest BCUT2D eigenvalue weighted by Gasteiger charge is 2.12. The van der Waals surface area contributed by atoms with E-state index >= 15 is 0 Å². The van der Waals surface area contributed by atoms with Crippen LogP contribution >= 0.6 is 11.6 Å². The zero-order valence-electron chi connectivity index (χ0n) is 11.4. The molecule has 2 N–H and O–H groups in total. The van der Waals surface area contributed by atoms with E-state index < -0.39 is 0 Å². The maximum atomic E-state index is 13.8. The van der Waals surface area contributed by atoms with Gasteiger partial charge in [0.25, 0.3) is 0 Å². The molecule has 0 atom stereocenters. The lowest BCUT2D eigenvalue weighted by molar-refractivity contribution is 0.631. The number of nitrogens with one attached hydrogen (secondary N) is 2. The lowest BCUT2D eigenvalue weighted by Crippen LogP contribution is -2.06. The number of rotatable bonds is 5. The average Bonchev–Trinajstić information content (AvgIpc) is 2.45. The van der Waals surface area contributed by atoms with Crippen molar-refractivity contribution in [1.29, 1.82) is 0 Å². The second-order valence-corrected chi connectivity index (χ2v) is 4.74. The molecule has 1 aromatic heterocycles. The molecule has 6 heteroatoms. The van der Waals surface area contributed by atoms with E-state index in [1.165, 1.54) is 24.5 Å². The summed E-state index contributed by atoms with van der Waals surface area (Å²) in [6, 6.07) is 4.37. The Bertz CT molecular complexity index is 604. The van der Waals surface area contributed by atoms with Gasteiger partial charge in [0.2, 0.25) is 0 Å². The molecule has 20 heavy (non-hydrogen) atoms. The number of benzene rings is 1. The number of anilines is 3. The normalized spacial score (nSPS) is 10.4. The number of hydrogen-bond acceptors (Lipinski definition) is 4. The number of halogens is 2. The molecule has 2 aromatic rings. The molecule has 0 saturated heterocycles. The molecule has 106 valence electrons. The molecule has 0 aliphatic carbocycles. The highest BCUT2D eigenvalue weighted by molar-refractivity contribution is 6.30. The Balaban J connectivity index is 2.39. The summed E-state index contributed by atoms with van der Waals surface area (Å²) in [5.41, 5.74) is 1.23. The topological polar surface area (TPSA) is 49.8 Å². The van der Waals surface area contributed by atoms with E-state index in [4.69, 9.17) is 11.6 Å². The minimum atomic E-state index is -0.374. The summed E-state index contributed by atoms with van der Waals surface area (Å²) in [5.74, 6) is 0.959. The summed E-state index contributed by atoms with van der Waals surface area (Å²) < 4.78 is 13.8. The molecule has 0 saturated carbocycles. The monoisotopic (exact) mass is 294 g/mol. The van der Waals surface area contributed by atoms with Crippen LogP contribution in [-0.2, 0) is 6.42 Å². The number of aromatic nitrogens is 2. The van der Waals surface area contributed by atoms with E-state index in [1.807, 2.05) is 0 Å². The molecule has 4 nitrogen and oxygen atoms in total. The number of hydrogen-bond donors (Lipinski definition) is 2. The Hall–Kier alpha value is -1.88. The van der Waals surface area contributed by atoms with Gasteiger partial charge in [0.05, 0.1) is 5.69 Å². The molecule has 0 bridgehead atoms. The molecule has 0 aliphatic heterocycles. The first-order chi connectivity index (χ1) is 9.65. The summed E-state index contributed by atoms with van der Waals surface area (Å²) in [6.07, 6.45) is 3.17. The fourth-order valence-corrected chi connectivity index (χ4v) is 2.12. The van der Waals surface area contributed by atoms with Crippen LogP contribution in [0.5, 0.6) is 0 Å². The third-order valence-electron chi connectivity index (χ3n) is 2.86. The lowest BCUT2D eigenvalue weighted by Gasteiger charge is -2.14. The second-order valence-electron chi connectivity index (χ2n) is 4.30. The molecule has 0 fully saturated rings. The molecule has 0 aliphatic rings. The van der Waals surface area contributed by atoms with Gasteiger partial charge >= 0.3 is 0 Å². The molecule has 2 rings (SSSR count). The van der Waals surface area contributed by atoms with Crippen LogP contribution in [-0.4, -0.2) is 17.0 Å². The smallest absolute Gasteiger partial charge is 0.146 e. The molecule has 1 aromatic carbocycles. The average molecular weight is 295 g/mol. The van der Waals surface area contributed by atoms with Gasteiger partial charge < -0.3 is 10.6 Å². The van der Waals surface area contributed by atoms with Crippen molar-refractivity contribution in [3.8, 4) is 0 Å². The van der Waals surface area contributed by atoms with E-state index in [1.54, 1.807) is 7.05 Å². The van der Waals surface area contributed by atoms with Crippen LogP contribution in [0.2, 0.25) is 5.02 Å². The van der Waals surface area contributed by atoms with Crippen molar-refractivity contribution in [2.45, 2.75) is 19.8 Å². The van der Waals surface area contributed by atoms with Gasteiger partial charge in [-0.3, -0.25) is 0 Å². The minimum absolute atomic E-state index is 0.301. The second kappa shape index (κ2) is 6.52.